The zero-order valence-electron chi connectivity index (χ0n) is 11.9. The van der Waals surface area contributed by atoms with E-state index in [9.17, 15) is 10.0 Å². The first-order chi connectivity index (χ1) is 10.1. The molecule has 0 bridgehead atoms. The van der Waals surface area contributed by atoms with Gasteiger partial charge < -0.3 is 14.2 Å². The van der Waals surface area contributed by atoms with Gasteiger partial charge in [0, 0.05) is 4.90 Å². The van der Waals surface area contributed by atoms with Crippen LogP contribution >= 0.6 is 0 Å². The van der Waals surface area contributed by atoms with E-state index in [0.29, 0.717) is 11.3 Å². The van der Waals surface area contributed by atoms with Crippen molar-refractivity contribution in [2.24, 2.45) is 0 Å². The van der Waals surface area contributed by atoms with E-state index in [1.54, 1.807) is 37.5 Å². The minimum atomic E-state index is -1.11. The van der Waals surface area contributed by atoms with E-state index < -0.39 is 12.3 Å². The number of methoxy groups -OCH3 is 2. The van der Waals surface area contributed by atoms with E-state index in [1.807, 2.05) is 0 Å². The van der Waals surface area contributed by atoms with Gasteiger partial charge in [-0.15, -0.1) is 6.58 Å². The Morgan fingerprint density at radius 1 is 1.38 bits per heavy atom. The molecule has 0 spiro atoms. The standard InChI is InChI=1S/C14H17NO6/c1-4-9-20-13(10-15(17)21-14(16)19-3)11-5-7-12(18-2)8-6-11/h4-8,10,13H,1,9H2,2-3H3/b15-10+. The van der Waals surface area contributed by atoms with Crippen LogP contribution in [-0.2, 0) is 14.3 Å². The maximum absolute atomic E-state index is 11.5. The predicted molar refractivity (Wildman–Crippen MR) is 75.1 cm³/mol. The van der Waals surface area contributed by atoms with E-state index in [1.165, 1.54) is 0 Å². The molecule has 0 heterocycles. The fourth-order valence-electron chi connectivity index (χ4n) is 1.44. The lowest BCUT2D eigenvalue weighted by Crippen LogP contribution is -2.18. The van der Waals surface area contributed by atoms with E-state index in [-0.39, 0.29) is 11.5 Å². The lowest BCUT2D eigenvalue weighted by Gasteiger charge is -2.12. The fraction of sp³-hybridized carbons (Fsp3) is 0.286. The fourth-order valence-corrected chi connectivity index (χ4v) is 1.44. The van der Waals surface area contributed by atoms with Crippen LogP contribution < -0.4 is 4.74 Å². The third-order valence-corrected chi connectivity index (χ3v) is 2.43. The molecule has 21 heavy (non-hydrogen) atoms. The quantitative estimate of drug-likeness (QED) is 0.192. The number of hydrogen-bond donors (Lipinski definition) is 0. The highest BCUT2D eigenvalue weighted by atomic mass is 16.9. The maximum atomic E-state index is 11.5. The molecular formula is C14H17NO6. The molecule has 1 rings (SSSR count). The summed E-state index contributed by atoms with van der Waals surface area (Å²) in [6.45, 7) is 3.76. The van der Waals surface area contributed by atoms with Crippen LogP contribution in [0, 0.1) is 5.21 Å². The summed E-state index contributed by atoms with van der Waals surface area (Å²) in [6.07, 6.45) is 0.776. The van der Waals surface area contributed by atoms with Gasteiger partial charge in [-0.25, -0.2) is 4.79 Å². The average molecular weight is 295 g/mol. The summed E-state index contributed by atoms with van der Waals surface area (Å²) in [6, 6.07) is 6.91. The lowest BCUT2D eigenvalue weighted by molar-refractivity contribution is -0.712. The molecule has 0 saturated carbocycles. The van der Waals surface area contributed by atoms with Crippen molar-refractivity contribution >= 4 is 12.4 Å². The molecule has 0 aromatic heterocycles. The van der Waals surface area contributed by atoms with Crippen molar-refractivity contribution in [2.75, 3.05) is 20.8 Å². The van der Waals surface area contributed by atoms with Gasteiger partial charge in [-0.2, -0.15) is 0 Å². The smallest absolute Gasteiger partial charge is 0.438 e. The Balaban J connectivity index is 2.90. The van der Waals surface area contributed by atoms with Crippen molar-refractivity contribution in [3.8, 4) is 5.75 Å². The molecule has 0 aliphatic carbocycles. The number of ether oxygens (including phenoxy) is 3. The van der Waals surface area contributed by atoms with Gasteiger partial charge in [0.1, 0.15) is 5.75 Å². The van der Waals surface area contributed by atoms with Crippen LogP contribution in [0.4, 0.5) is 4.79 Å². The Kier molecular flexibility index (Phi) is 6.76. The molecule has 0 radical (unpaired) electrons. The molecule has 0 aliphatic heterocycles. The molecular weight excluding hydrogens is 278 g/mol. The minimum Gasteiger partial charge on any atom is -0.497 e. The van der Waals surface area contributed by atoms with Gasteiger partial charge >= 0.3 is 6.16 Å². The molecule has 1 aromatic rings. The van der Waals surface area contributed by atoms with E-state index >= 15 is 0 Å². The van der Waals surface area contributed by atoms with Gasteiger partial charge in [0.15, 0.2) is 6.10 Å². The highest BCUT2D eigenvalue weighted by Crippen LogP contribution is 2.19. The first-order valence-electron chi connectivity index (χ1n) is 6.04. The summed E-state index contributed by atoms with van der Waals surface area (Å²) in [7, 11) is 2.65. The second-order valence-corrected chi connectivity index (χ2v) is 3.80. The second kappa shape index (κ2) is 8.60. The molecule has 7 nitrogen and oxygen atoms in total. The van der Waals surface area contributed by atoms with Gasteiger partial charge in [0.05, 0.1) is 20.8 Å². The summed E-state index contributed by atoms with van der Waals surface area (Å²) in [5.41, 5.74) is 0.687. The highest BCUT2D eigenvalue weighted by Gasteiger charge is 2.16. The second-order valence-electron chi connectivity index (χ2n) is 3.80. The number of carbonyl (C=O) groups excluding carboxylic acids is 1. The molecule has 0 saturated heterocycles. The summed E-state index contributed by atoms with van der Waals surface area (Å²) in [5, 5.41) is 11.5. The van der Waals surface area contributed by atoms with Gasteiger partial charge in [0.2, 0.25) is 6.21 Å². The van der Waals surface area contributed by atoms with Crippen LogP contribution in [-0.4, -0.2) is 38.1 Å². The Hall–Kier alpha value is -2.54. The van der Waals surface area contributed by atoms with E-state index in [0.717, 1.165) is 13.3 Å². The Labute approximate surface area is 122 Å². The van der Waals surface area contributed by atoms with Crippen LogP contribution in [0.15, 0.2) is 36.9 Å². The molecule has 7 heteroatoms. The summed E-state index contributed by atoms with van der Waals surface area (Å²) in [4.78, 5) is 15.2. The molecule has 0 fully saturated rings. The van der Waals surface area contributed by atoms with Crippen LogP contribution in [0.3, 0.4) is 0 Å². The number of benzene rings is 1. The number of hydrogen-bond acceptors (Lipinski definition) is 6. The third kappa shape index (κ3) is 5.53. The number of rotatable bonds is 7. The van der Waals surface area contributed by atoms with Crippen molar-refractivity contribution in [1.29, 1.82) is 0 Å². The highest BCUT2D eigenvalue weighted by molar-refractivity contribution is 5.63. The van der Waals surface area contributed by atoms with Crippen molar-refractivity contribution in [2.45, 2.75) is 6.10 Å². The van der Waals surface area contributed by atoms with Gasteiger partial charge in [-0.05, 0) is 17.7 Å². The van der Waals surface area contributed by atoms with Crippen LogP contribution in [0.5, 0.6) is 5.75 Å². The molecule has 1 unspecified atom stereocenters. The molecule has 0 N–H and O–H groups in total. The lowest BCUT2D eigenvalue weighted by atomic mass is 10.1. The van der Waals surface area contributed by atoms with Gasteiger partial charge in [-0.3, -0.25) is 10.0 Å². The first kappa shape index (κ1) is 16.5. The Bertz CT molecular complexity index is 497. The maximum Gasteiger partial charge on any atom is 0.438 e. The van der Waals surface area contributed by atoms with Gasteiger partial charge in [0.25, 0.3) is 0 Å². The zero-order valence-corrected chi connectivity index (χ0v) is 11.9. The largest absolute Gasteiger partial charge is 0.497 e. The van der Waals surface area contributed by atoms with Gasteiger partial charge in [-0.1, -0.05) is 18.2 Å². The van der Waals surface area contributed by atoms with Crippen molar-refractivity contribution in [3.05, 3.63) is 47.7 Å². The number of carbonyl (C=O) groups is 1. The Morgan fingerprint density at radius 2 is 2.05 bits per heavy atom. The topological polar surface area (TPSA) is 80.1 Å². The Morgan fingerprint density at radius 3 is 2.57 bits per heavy atom. The SMILES string of the molecule is C=CCOC(/C=[N+](\[O-])OC(=O)OC)c1ccc(OC)cc1. The molecule has 1 aromatic carbocycles. The minimum absolute atomic E-state index is 0.0101. The summed E-state index contributed by atoms with van der Waals surface area (Å²) in [5.74, 6) is 0.672. The number of nitrogens with zero attached hydrogens (tertiary/aromatic N) is 1. The predicted octanol–water partition coefficient (Wildman–Crippen LogP) is 2.22. The van der Waals surface area contributed by atoms with Crippen molar-refractivity contribution < 1.29 is 28.7 Å². The van der Waals surface area contributed by atoms with Crippen molar-refractivity contribution in [3.63, 3.8) is 0 Å². The monoisotopic (exact) mass is 295 g/mol. The molecule has 1 atom stereocenters. The summed E-state index contributed by atoms with van der Waals surface area (Å²) >= 11 is 0. The van der Waals surface area contributed by atoms with E-state index in [2.05, 4.69) is 16.2 Å². The van der Waals surface area contributed by atoms with E-state index in [4.69, 9.17) is 9.47 Å². The normalized spacial score (nSPS) is 12.4. The summed E-state index contributed by atoms with van der Waals surface area (Å²) < 4.78 is 14.7. The van der Waals surface area contributed by atoms with Crippen molar-refractivity contribution in [1.82, 2.24) is 0 Å². The third-order valence-electron chi connectivity index (χ3n) is 2.43. The van der Waals surface area contributed by atoms with Crippen LogP contribution in [0.1, 0.15) is 11.7 Å². The molecule has 0 amide bonds. The molecule has 114 valence electrons. The zero-order chi connectivity index (χ0) is 15.7. The van der Waals surface area contributed by atoms with Crippen LogP contribution in [0.2, 0.25) is 0 Å². The van der Waals surface area contributed by atoms with Crippen LogP contribution in [0.25, 0.3) is 0 Å². The average Bonchev–Trinajstić information content (AvgIpc) is 2.51. The molecule has 0 aliphatic rings. The first-order valence-corrected chi connectivity index (χ1v) is 6.04.